The van der Waals surface area contributed by atoms with Crippen LogP contribution in [0.3, 0.4) is 0 Å². The first-order chi connectivity index (χ1) is 17.4. The van der Waals surface area contributed by atoms with Crippen LogP contribution in [0.5, 0.6) is 5.75 Å². The number of carbonyl (C=O) groups excluding carboxylic acids is 1. The smallest absolute Gasteiger partial charge is 0.406 e. The number of amides is 1. The number of carbonyl (C=O) groups is 1. The Kier molecular flexibility index (Phi) is 11.1. The largest absolute Gasteiger partial charge is 0.573 e. The molecule has 0 aromatic heterocycles. The van der Waals surface area contributed by atoms with Crippen molar-refractivity contribution in [3.8, 4) is 5.75 Å². The van der Waals surface area contributed by atoms with Gasteiger partial charge in [0.15, 0.2) is 0 Å². The molecule has 11 heteroatoms. The number of aliphatic hydroxyl groups is 1. The summed E-state index contributed by atoms with van der Waals surface area (Å²) in [4.78, 5) is 17.1. The van der Waals surface area contributed by atoms with E-state index < -0.39 is 23.8 Å². The molecule has 2 aromatic carbocycles. The number of hydrogen-bond donors (Lipinski definition) is 3. The van der Waals surface area contributed by atoms with E-state index in [-0.39, 0.29) is 36.5 Å². The van der Waals surface area contributed by atoms with Crippen LogP contribution in [0.2, 0.25) is 5.02 Å². The molecule has 2 rings (SSSR count). The Labute approximate surface area is 217 Å². The normalized spacial score (nSPS) is 13.2. The minimum absolute atomic E-state index is 0.0788. The molecule has 200 valence electrons. The zero-order chi connectivity index (χ0) is 27.6. The van der Waals surface area contributed by atoms with Gasteiger partial charge in [-0.1, -0.05) is 29.8 Å². The zero-order valence-corrected chi connectivity index (χ0v) is 21.3. The van der Waals surface area contributed by atoms with Crippen LogP contribution in [0, 0.1) is 5.82 Å². The van der Waals surface area contributed by atoms with E-state index in [1.807, 2.05) is 0 Å². The number of aliphatic imine (C=N–C) groups is 1. The first kappa shape index (κ1) is 29.9. The van der Waals surface area contributed by atoms with Crippen LogP contribution >= 0.6 is 11.6 Å². The molecule has 0 spiro atoms. The van der Waals surface area contributed by atoms with Gasteiger partial charge in [0.05, 0.1) is 11.3 Å². The van der Waals surface area contributed by atoms with E-state index in [2.05, 4.69) is 20.4 Å². The maximum Gasteiger partial charge on any atom is 0.573 e. The van der Waals surface area contributed by atoms with Crippen LogP contribution in [0.1, 0.15) is 31.4 Å². The van der Waals surface area contributed by atoms with Crippen LogP contribution in [0.15, 0.2) is 64.4 Å². The van der Waals surface area contributed by atoms with Gasteiger partial charge in [-0.05, 0) is 67.3 Å². The van der Waals surface area contributed by atoms with Gasteiger partial charge < -0.3 is 20.5 Å². The predicted octanol–water partition coefficient (Wildman–Crippen LogP) is 5.41. The highest BCUT2D eigenvalue weighted by atomic mass is 35.5. The molecule has 3 N–H and O–H groups in total. The summed E-state index contributed by atoms with van der Waals surface area (Å²) in [6, 6.07) is 9.64. The summed E-state index contributed by atoms with van der Waals surface area (Å²) in [6.45, 7) is 3.43. The van der Waals surface area contributed by atoms with Crippen molar-refractivity contribution < 1.29 is 32.2 Å². The molecule has 0 saturated carbocycles. The summed E-state index contributed by atoms with van der Waals surface area (Å²) in [5, 5.41) is 15.0. The van der Waals surface area contributed by atoms with Crippen molar-refractivity contribution >= 4 is 29.3 Å². The molecule has 37 heavy (non-hydrogen) atoms. The highest BCUT2D eigenvalue weighted by molar-refractivity contribution is 6.30. The van der Waals surface area contributed by atoms with E-state index in [1.54, 1.807) is 44.3 Å². The third-order valence-electron chi connectivity index (χ3n) is 5.12. The number of aliphatic hydroxyl groups excluding tert-OH is 1. The third kappa shape index (κ3) is 9.89. The maximum atomic E-state index is 14.6. The van der Waals surface area contributed by atoms with E-state index in [4.69, 9.17) is 16.7 Å². The van der Waals surface area contributed by atoms with E-state index >= 15 is 0 Å². The molecule has 0 saturated heterocycles. The number of nitrogens with one attached hydrogen (secondary N) is 2. The number of nitrogens with zero attached hydrogens (tertiary/aromatic N) is 1. The number of allylic oxidation sites excluding steroid dienone is 1. The topological polar surface area (TPSA) is 83.0 Å². The fraction of sp³-hybridized carbons (Fsp3) is 0.308. The van der Waals surface area contributed by atoms with E-state index in [1.165, 1.54) is 6.92 Å². The molecule has 0 aliphatic carbocycles. The molecule has 0 heterocycles. The van der Waals surface area contributed by atoms with Crippen LogP contribution in [-0.2, 0) is 11.2 Å². The van der Waals surface area contributed by atoms with E-state index in [9.17, 15) is 22.4 Å². The summed E-state index contributed by atoms with van der Waals surface area (Å²) in [5.41, 5.74) is 1.78. The highest BCUT2D eigenvalue weighted by Crippen LogP contribution is 2.26. The van der Waals surface area contributed by atoms with Crippen molar-refractivity contribution in [3.63, 3.8) is 0 Å². The molecule has 0 aliphatic rings. The molecule has 0 atom stereocenters. The standard InChI is InChI=1S/C26H28ClF4N3O3/c1-16(13-18-5-7-20(27)8-6-18)23(34-24(32-3)17(2)25(36)33-11-4-12-35)15-19-14-21(9-10-22(19)28)37-26(29,30)31/h5-10,13-14,32,35H,4,11-12,15H2,1-3H3,(H,33,36)/b16-13-,24-17+,34-23+. The average molecular weight is 542 g/mol. The van der Waals surface area contributed by atoms with Gasteiger partial charge in [-0.3, -0.25) is 4.79 Å². The summed E-state index contributed by atoms with van der Waals surface area (Å²) in [5.74, 6) is -1.54. The van der Waals surface area contributed by atoms with Gasteiger partial charge in [0.2, 0.25) is 0 Å². The van der Waals surface area contributed by atoms with Crippen LogP contribution < -0.4 is 15.4 Å². The molecule has 6 nitrogen and oxygen atoms in total. The predicted molar refractivity (Wildman–Crippen MR) is 136 cm³/mol. The van der Waals surface area contributed by atoms with Crippen molar-refractivity contribution in [2.24, 2.45) is 4.99 Å². The van der Waals surface area contributed by atoms with Crippen molar-refractivity contribution in [3.05, 3.63) is 81.4 Å². The first-order valence-corrected chi connectivity index (χ1v) is 11.6. The minimum Gasteiger partial charge on any atom is -0.406 e. The van der Waals surface area contributed by atoms with Gasteiger partial charge in [-0.2, -0.15) is 0 Å². The maximum absolute atomic E-state index is 14.6. The molecule has 2 aromatic rings. The van der Waals surface area contributed by atoms with Crippen LogP contribution in [-0.4, -0.2) is 43.3 Å². The van der Waals surface area contributed by atoms with Crippen molar-refractivity contribution in [1.82, 2.24) is 10.6 Å². The van der Waals surface area contributed by atoms with Crippen LogP contribution in [0.4, 0.5) is 17.6 Å². The number of ether oxygens (including phenoxy) is 1. The Morgan fingerprint density at radius 3 is 2.43 bits per heavy atom. The third-order valence-corrected chi connectivity index (χ3v) is 5.37. The zero-order valence-electron chi connectivity index (χ0n) is 20.5. The average Bonchev–Trinajstić information content (AvgIpc) is 2.83. The summed E-state index contributed by atoms with van der Waals surface area (Å²) in [7, 11) is 1.55. The fourth-order valence-electron chi connectivity index (χ4n) is 3.21. The molecule has 0 aliphatic heterocycles. The number of halogens is 5. The van der Waals surface area contributed by atoms with Gasteiger partial charge in [0.1, 0.15) is 17.4 Å². The molecule has 0 radical (unpaired) electrons. The Balaban J connectivity index is 2.54. The molecular weight excluding hydrogens is 514 g/mol. The van der Waals surface area contributed by atoms with E-state index in [0.717, 1.165) is 23.8 Å². The van der Waals surface area contributed by atoms with Gasteiger partial charge in [0, 0.05) is 31.6 Å². The second-order valence-electron chi connectivity index (χ2n) is 7.97. The lowest BCUT2D eigenvalue weighted by atomic mass is 10.00. The highest BCUT2D eigenvalue weighted by Gasteiger charge is 2.31. The summed E-state index contributed by atoms with van der Waals surface area (Å²) in [6.07, 6.45) is -2.99. The molecule has 0 unspecified atom stereocenters. The molecule has 1 amide bonds. The lowest BCUT2D eigenvalue weighted by Crippen LogP contribution is -2.28. The molecule has 0 bridgehead atoms. The first-order valence-electron chi connectivity index (χ1n) is 11.3. The SMILES string of the molecule is CNC(/N=C(Cc1cc(OC(F)(F)F)ccc1F)/C(C)=C\c1ccc(Cl)cc1)=C(/C)C(=O)NCCCO. The number of alkyl halides is 3. The van der Waals surface area contributed by atoms with Gasteiger partial charge >= 0.3 is 6.36 Å². The lowest BCUT2D eigenvalue weighted by molar-refractivity contribution is -0.274. The monoisotopic (exact) mass is 541 g/mol. The van der Waals surface area contributed by atoms with Gasteiger partial charge in [-0.15, -0.1) is 13.2 Å². The second-order valence-corrected chi connectivity index (χ2v) is 8.41. The number of benzene rings is 2. The minimum atomic E-state index is -4.93. The quantitative estimate of drug-likeness (QED) is 0.154. The summed E-state index contributed by atoms with van der Waals surface area (Å²) >= 11 is 5.95. The van der Waals surface area contributed by atoms with Crippen LogP contribution in [0.25, 0.3) is 6.08 Å². The van der Waals surface area contributed by atoms with Gasteiger partial charge in [0.25, 0.3) is 5.91 Å². The molecule has 0 fully saturated rings. The molecular formula is C26H28ClF4N3O3. The van der Waals surface area contributed by atoms with Crippen molar-refractivity contribution in [1.29, 1.82) is 0 Å². The fourth-order valence-corrected chi connectivity index (χ4v) is 3.33. The number of hydrogen-bond acceptors (Lipinski definition) is 5. The number of rotatable bonds is 11. The Bertz CT molecular complexity index is 1180. The second kappa shape index (κ2) is 13.8. The Morgan fingerprint density at radius 2 is 1.84 bits per heavy atom. The van der Waals surface area contributed by atoms with Crippen molar-refractivity contribution in [2.45, 2.75) is 33.1 Å². The summed E-state index contributed by atoms with van der Waals surface area (Å²) < 4.78 is 56.7. The van der Waals surface area contributed by atoms with E-state index in [0.29, 0.717) is 22.7 Å². The van der Waals surface area contributed by atoms with Crippen molar-refractivity contribution in [2.75, 3.05) is 20.2 Å². The Morgan fingerprint density at radius 1 is 1.16 bits per heavy atom. The Hall–Kier alpha value is -3.37. The lowest BCUT2D eigenvalue weighted by Gasteiger charge is -2.14. The van der Waals surface area contributed by atoms with Gasteiger partial charge in [-0.25, -0.2) is 9.38 Å².